The highest BCUT2D eigenvalue weighted by atomic mass is 19.1. The lowest BCUT2D eigenvalue weighted by Gasteiger charge is -2.11. The van der Waals surface area contributed by atoms with Crippen molar-refractivity contribution >= 4 is 17.4 Å². The SMILES string of the molecule is COc1ccc(CC(=O)[C@H](C#N)C(=O)Nc2cccc(C)c2)cc1F. The molecule has 2 aromatic carbocycles. The fraction of sp³-hybridized carbons (Fsp3) is 0.211. The molecule has 5 nitrogen and oxygen atoms in total. The van der Waals surface area contributed by atoms with E-state index in [-0.39, 0.29) is 12.2 Å². The molecule has 128 valence electrons. The third-order valence-electron chi connectivity index (χ3n) is 3.59. The molecule has 2 rings (SSSR count). The van der Waals surface area contributed by atoms with Crippen LogP contribution in [0.2, 0.25) is 0 Å². The third kappa shape index (κ3) is 4.64. The van der Waals surface area contributed by atoms with Crippen molar-refractivity contribution < 1.29 is 18.7 Å². The molecule has 2 aromatic rings. The highest BCUT2D eigenvalue weighted by molar-refractivity contribution is 6.09. The van der Waals surface area contributed by atoms with Gasteiger partial charge in [-0.3, -0.25) is 9.59 Å². The highest BCUT2D eigenvalue weighted by Gasteiger charge is 2.26. The van der Waals surface area contributed by atoms with E-state index in [9.17, 15) is 19.2 Å². The van der Waals surface area contributed by atoms with Crippen LogP contribution in [0.4, 0.5) is 10.1 Å². The number of benzene rings is 2. The molecule has 0 radical (unpaired) electrons. The number of anilines is 1. The monoisotopic (exact) mass is 340 g/mol. The van der Waals surface area contributed by atoms with Crippen LogP contribution in [0, 0.1) is 30.0 Å². The molecule has 0 unspecified atom stereocenters. The molecular weight excluding hydrogens is 323 g/mol. The van der Waals surface area contributed by atoms with E-state index < -0.39 is 23.4 Å². The minimum absolute atomic E-state index is 0.0604. The first kappa shape index (κ1) is 18.1. The first-order valence-corrected chi connectivity index (χ1v) is 7.57. The Morgan fingerprint density at radius 1 is 1.28 bits per heavy atom. The second kappa shape index (κ2) is 8.06. The van der Waals surface area contributed by atoms with E-state index in [0.29, 0.717) is 11.3 Å². The lowest BCUT2D eigenvalue weighted by molar-refractivity contribution is -0.128. The Morgan fingerprint density at radius 2 is 2.04 bits per heavy atom. The van der Waals surface area contributed by atoms with Gasteiger partial charge in [0.25, 0.3) is 0 Å². The largest absolute Gasteiger partial charge is 0.494 e. The lowest BCUT2D eigenvalue weighted by Crippen LogP contribution is -2.29. The number of ketones is 1. The molecule has 0 aromatic heterocycles. The molecule has 0 heterocycles. The zero-order valence-corrected chi connectivity index (χ0v) is 13.9. The molecule has 0 aliphatic rings. The molecule has 0 saturated heterocycles. The fourth-order valence-corrected chi connectivity index (χ4v) is 2.34. The van der Waals surface area contributed by atoms with Gasteiger partial charge in [0, 0.05) is 12.1 Å². The van der Waals surface area contributed by atoms with Gasteiger partial charge in [0.05, 0.1) is 13.2 Å². The first-order chi connectivity index (χ1) is 11.9. The first-order valence-electron chi connectivity index (χ1n) is 7.57. The van der Waals surface area contributed by atoms with Crippen molar-refractivity contribution in [1.29, 1.82) is 5.26 Å². The molecule has 1 amide bonds. The molecule has 0 spiro atoms. The van der Waals surface area contributed by atoms with Gasteiger partial charge < -0.3 is 10.1 Å². The van der Waals surface area contributed by atoms with Gasteiger partial charge in [0.1, 0.15) is 0 Å². The van der Waals surface area contributed by atoms with Crippen LogP contribution in [-0.4, -0.2) is 18.8 Å². The Bertz CT molecular complexity index is 843. The molecular formula is C19H17FN2O3. The Labute approximate surface area is 145 Å². The van der Waals surface area contributed by atoms with Crippen LogP contribution in [0.3, 0.4) is 0 Å². The van der Waals surface area contributed by atoms with Gasteiger partial charge in [0.2, 0.25) is 5.91 Å². The zero-order valence-electron chi connectivity index (χ0n) is 13.9. The van der Waals surface area contributed by atoms with E-state index >= 15 is 0 Å². The van der Waals surface area contributed by atoms with Crippen molar-refractivity contribution in [2.45, 2.75) is 13.3 Å². The van der Waals surface area contributed by atoms with Crippen LogP contribution in [-0.2, 0) is 16.0 Å². The van der Waals surface area contributed by atoms with Gasteiger partial charge in [-0.15, -0.1) is 0 Å². The van der Waals surface area contributed by atoms with Crippen molar-refractivity contribution in [3.05, 3.63) is 59.4 Å². The molecule has 6 heteroatoms. The van der Waals surface area contributed by atoms with E-state index in [1.807, 2.05) is 13.0 Å². The van der Waals surface area contributed by atoms with Gasteiger partial charge in [-0.25, -0.2) is 4.39 Å². The van der Waals surface area contributed by atoms with Gasteiger partial charge in [-0.05, 0) is 42.3 Å². The number of rotatable bonds is 6. The number of nitrogens with one attached hydrogen (secondary N) is 1. The predicted molar refractivity (Wildman–Crippen MR) is 90.6 cm³/mol. The van der Waals surface area contributed by atoms with Crippen molar-refractivity contribution in [2.24, 2.45) is 5.92 Å². The number of carbonyl (C=O) groups excluding carboxylic acids is 2. The maximum atomic E-state index is 13.7. The number of amides is 1. The molecule has 0 bridgehead atoms. The van der Waals surface area contributed by atoms with Crippen LogP contribution < -0.4 is 10.1 Å². The van der Waals surface area contributed by atoms with Crippen molar-refractivity contribution in [2.75, 3.05) is 12.4 Å². The van der Waals surface area contributed by atoms with Crippen molar-refractivity contribution in [3.8, 4) is 11.8 Å². The van der Waals surface area contributed by atoms with Crippen molar-refractivity contribution in [3.63, 3.8) is 0 Å². The summed E-state index contributed by atoms with van der Waals surface area (Å²) in [4.78, 5) is 24.5. The molecule has 25 heavy (non-hydrogen) atoms. The summed E-state index contributed by atoms with van der Waals surface area (Å²) in [5.41, 5.74) is 1.81. The van der Waals surface area contributed by atoms with Gasteiger partial charge in [-0.1, -0.05) is 18.2 Å². The number of Topliss-reactive ketones (excluding diaryl/α,β-unsaturated/α-hetero) is 1. The summed E-state index contributed by atoms with van der Waals surface area (Å²) >= 11 is 0. The number of ether oxygens (including phenoxy) is 1. The zero-order chi connectivity index (χ0) is 18.4. The van der Waals surface area contributed by atoms with Crippen LogP contribution >= 0.6 is 0 Å². The second-order valence-electron chi connectivity index (χ2n) is 5.53. The number of halogens is 1. The third-order valence-corrected chi connectivity index (χ3v) is 3.59. The van der Waals surface area contributed by atoms with E-state index in [1.54, 1.807) is 24.3 Å². The molecule has 0 aliphatic carbocycles. The molecule has 0 saturated carbocycles. The Morgan fingerprint density at radius 3 is 2.64 bits per heavy atom. The second-order valence-corrected chi connectivity index (χ2v) is 5.53. The Kier molecular flexibility index (Phi) is 5.85. The van der Waals surface area contributed by atoms with Gasteiger partial charge >= 0.3 is 0 Å². The molecule has 1 atom stereocenters. The standard InChI is InChI=1S/C19H17FN2O3/c1-12-4-3-5-14(8-12)22-19(24)15(11-21)17(23)10-13-6-7-18(25-2)16(20)9-13/h3-9,15H,10H2,1-2H3,(H,22,24)/t15-/m0/s1. The number of hydrogen-bond donors (Lipinski definition) is 1. The van der Waals surface area contributed by atoms with E-state index in [2.05, 4.69) is 5.32 Å². The maximum Gasteiger partial charge on any atom is 0.249 e. The van der Waals surface area contributed by atoms with Crippen LogP contribution in [0.15, 0.2) is 42.5 Å². The van der Waals surface area contributed by atoms with Crippen LogP contribution in [0.5, 0.6) is 5.75 Å². The maximum absolute atomic E-state index is 13.7. The minimum atomic E-state index is -1.47. The predicted octanol–water partition coefficient (Wildman–Crippen LogP) is 3.03. The minimum Gasteiger partial charge on any atom is -0.494 e. The average molecular weight is 340 g/mol. The summed E-state index contributed by atoms with van der Waals surface area (Å²) < 4.78 is 18.5. The number of aryl methyl sites for hydroxylation is 1. The van der Waals surface area contributed by atoms with Crippen LogP contribution in [0.25, 0.3) is 0 Å². The number of nitriles is 1. The average Bonchev–Trinajstić information content (AvgIpc) is 2.55. The van der Waals surface area contributed by atoms with Crippen LogP contribution in [0.1, 0.15) is 11.1 Å². The summed E-state index contributed by atoms with van der Waals surface area (Å²) in [6.45, 7) is 1.86. The summed E-state index contributed by atoms with van der Waals surface area (Å²) in [7, 11) is 1.34. The molecule has 0 aliphatic heterocycles. The number of nitrogens with zero attached hydrogens (tertiary/aromatic N) is 1. The number of carbonyl (C=O) groups is 2. The quantitative estimate of drug-likeness (QED) is 0.820. The topological polar surface area (TPSA) is 79.2 Å². The fourth-order valence-electron chi connectivity index (χ4n) is 2.34. The van der Waals surface area contributed by atoms with Gasteiger partial charge in [0.15, 0.2) is 23.3 Å². The molecule has 0 fully saturated rings. The van der Waals surface area contributed by atoms with Gasteiger partial charge in [-0.2, -0.15) is 5.26 Å². The normalized spacial score (nSPS) is 11.3. The smallest absolute Gasteiger partial charge is 0.249 e. The number of hydrogen-bond acceptors (Lipinski definition) is 4. The van der Waals surface area contributed by atoms with E-state index in [4.69, 9.17) is 4.74 Å². The highest BCUT2D eigenvalue weighted by Crippen LogP contribution is 2.19. The van der Waals surface area contributed by atoms with E-state index in [1.165, 1.54) is 19.2 Å². The molecule has 1 N–H and O–H groups in total. The lowest BCUT2D eigenvalue weighted by atomic mass is 9.98. The van der Waals surface area contributed by atoms with Crippen molar-refractivity contribution in [1.82, 2.24) is 0 Å². The summed E-state index contributed by atoms with van der Waals surface area (Å²) in [6.07, 6.45) is -0.222. The summed E-state index contributed by atoms with van der Waals surface area (Å²) in [5, 5.41) is 11.7. The summed E-state index contributed by atoms with van der Waals surface area (Å²) in [5.74, 6) is -3.31. The Hall–Kier alpha value is -3.20. The summed E-state index contributed by atoms with van der Waals surface area (Å²) in [6, 6.07) is 12.8. The number of methoxy groups -OCH3 is 1. The van der Waals surface area contributed by atoms with E-state index in [0.717, 1.165) is 11.6 Å². The Balaban J connectivity index is 2.09.